The zero-order valence-electron chi connectivity index (χ0n) is 13.6. The highest BCUT2D eigenvalue weighted by atomic mass is 35.5. The molecule has 0 atom stereocenters. The molecule has 4 rings (SSSR count). The Kier molecular flexibility index (Phi) is 4.44. The maximum absolute atomic E-state index is 13.1. The molecule has 0 unspecified atom stereocenters. The molecule has 7 heteroatoms. The molecule has 0 N–H and O–H groups in total. The van der Waals surface area contributed by atoms with E-state index in [4.69, 9.17) is 11.6 Å². The largest absolute Gasteiger partial charge is 0.332 e. The average Bonchev–Trinajstić information content (AvgIpc) is 3.17. The Morgan fingerprint density at radius 2 is 1.81 bits per heavy atom. The molecule has 0 saturated carbocycles. The summed E-state index contributed by atoms with van der Waals surface area (Å²) in [4.78, 5) is 31.1. The predicted molar refractivity (Wildman–Crippen MR) is 104 cm³/mol. The summed E-state index contributed by atoms with van der Waals surface area (Å²) < 4.78 is 2.79. The van der Waals surface area contributed by atoms with Crippen LogP contribution in [0.25, 0.3) is 11.0 Å². The second-order valence-corrected chi connectivity index (χ2v) is 7.24. The first kappa shape index (κ1) is 16.8. The second kappa shape index (κ2) is 6.90. The molecule has 3 aromatic heterocycles. The summed E-state index contributed by atoms with van der Waals surface area (Å²) in [5.74, 6) is 0. The quantitative estimate of drug-likeness (QED) is 0.543. The van der Waals surface area contributed by atoms with Crippen LogP contribution in [0.3, 0.4) is 0 Å². The summed E-state index contributed by atoms with van der Waals surface area (Å²) in [6.45, 7) is 0.496. The Bertz CT molecular complexity index is 1200. The predicted octanol–water partition coefficient (Wildman–Crippen LogP) is 3.37. The van der Waals surface area contributed by atoms with Gasteiger partial charge in [0, 0.05) is 16.1 Å². The lowest BCUT2D eigenvalue weighted by Gasteiger charge is -2.14. The number of thiophene rings is 1. The van der Waals surface area contributed by atoms with Crippen molar-refractivity contribution in [2.24, 2.45) is 0 Å². The van der Waals surface area contributed by atoms with Gasteiger partial charge in [0.05, 0.1) is 18.6 Å². The van der Waals surface area contributed by atoms with Gasteiger partial charge in [-0.05, 0) is 35.2 Å². The van der Waals surface area contributed by atoms with Crippen molar-refractivity contribution in [3.63, 3.8) is 0 Å². The third-order valence-electron chi connectivity index (χ3n) is 4.17. The number of hydrogen-bond donors (Lipinski definition) is 0. The molecule has 4 aromatic rings. The van der Waals surface area contributed by atoms with Crippen LogP contribution in [0.2, 0.25) is 5.02 Å². The lowest BCUT2D eigenvalue weighted by Crippen LogP contribution is -2.40. The Labute approximate surface area is 157 Å². The third kappa shape index (κ3) is 2.98. The van der Waals surface area contributed by atoms with Crippen LogP contribution >= 0.6 is 22.9 Å². The van der Waals surface area contributed by atoms with Crippen LogP contribution in [0, 0.1) is 0 Å². The highest BCUT2D eigenvalue weighted by Gasteiger charge is 2.15. The normalized spacial score (nSPS) is 11.1. The van der Waals surface area contributed by atoms with E-state index in [1.54, 1.807) is 29.0 Å². The van der Waals surface area contributed by atoms with Crippen LogP contribution in [0.4, 0.5) is 0 Å². The molecule has 0 aliphatic heterocycles. The average molecular weight is 384 g/mol. The summed E-state index contributed by atoms with van der Waals surface area (Å²) >= 11 is 7.77. The molecule has 1 aromatic carbocycles. The van der Waals surface area contributed by atoms with Gasteiger partial charge >= 0.3 is 5.69 Å². The molecule has 26 heavy (non-hydrogen) atoms. The minimum absolute atomic E-state index is 0.227. The van der Waals surface area contributed by atoms with E-state index in [0.717, 1.165) is 10.4 Å². The van der Waals surface area contributed by atoms with Crippen molar-refractivity contribution >= 4 is 34.0 Å². The van der Waals surface area contributed by atoms with E-state index in [9.17, 15) is 9.59 Å². The van der Waals surface area contributed by atoms with Gasteiger partial charge in [-0.1, -0.05) is 35.9 Å². The molecule has 0 spiro atoms. The molecular weight excluding hydrogens is 370 g/mol. The van der Waals surface area contributed by atoms with Gasteiger partial charge in [0.2, 0.25) is 0 Å². The minimum Gasteiger partial charge on any atom is -0.287 e. The van der Waals surface area contributed by atoms with Crippen LogP contribution in [0.1, 0.15) is 10.4 Å². The van der Waals surface area contributed by atoms with E-state index >= 15 is 0 Å². The smallest absolute Gasteiger partial charge is 0.287 e. The first-order valence-corrected chi connectivity index (χ1v) is 9.25. The Morgan fingerprint density at radius 1 is 0.962 bits per heavy atom. The summed E-state index contributed by atoms with van der Waals surface area (Å²) in [5.41, 5.74) is 0.835. The summed E-state index contributed by atoms with van der Waals surface area (Å²) in [6, 6.07) is 14.6. The lowest BCUT2D eigenvalue weighted by molar-refractivity contribution is 0.637. The van der Waals surface area contributed by atoms with Crippen LogP contribution < -0.4 is 11.2 Å². The molecule has 0 saturated heterocycles. The van der Waals surface area contributed by atoms with Gasteiger partial charge < -0.3 is 0 Å². The molecule has 0 aliphatic carbocycles. The lowest BCUT2D eigenvalue weighted by atomic mass is 10.2. The molecular formula is C19H14ClN3O2S. The van der Waals surface area contributed by atoms with E-state index in [-0.39, 0.29) is 29.9 Å². The van der Waals surface area contributed by atoms with Gasteiger partial charge in [-0.2, -0.15) is 0 Å². The monoisotopic (exact) mass is 383 g/mol. The standard InChI is InChI=1S/C19H14ClN3O2S/c20-15-7-2-1-5-13(15)11-22-16-8-3-9-21-17(16)18(24)23(19(22)25)12-14-6-4-10-26-14/h1-10H,11-12H2. The molecule has 0 amide bonds. The fourth-order valence-corrected chi connectivity index (χ4v) is 3.78. The van der Waals surface area contributed by atoms with Gasteiger partial charge in [-0.25, -0.2) is 9.78 Å². The van der Waals surface area contributed by atoms with Crippen molar-refractivity contribution in [3.8, 4) is 0 Å². The van der Waals surface area contributed by atoms with E-state index in [1.165, 1.54) is 15.9 Å². The van der Waals surface area contributed by atoms with Crippen molar-refractivity contribution in [3.05, 3.63) is 96.4 Å². The molecule has 130 valence electrons. The molecule has 0 bridgehead atoms. The van der Waals surface area contributed by atoms with Crippen molar-refractivity contribution in [2.75, 3.05) is 0 Å². The first-order chi connectivity index (χ1) is 12.6. The number of benzene rings is 1. The summed E-state index contributed by atoms with van der Waals surface area (Å²) in [5, 5.41) is 2.49. The molecule has 0 fully saturated rings. The van der Waals surface area contributed by atoms with Gasteiger partial charge in [-0.15, -0.1) is 11.3 Å². The van der Waals surface area contributed by atoms with Gasteiger partial charge in [0.15, 0.2) is 5.52 Å². The van der Waals surface area contributed by atoms with Crippen LogP contribution in [0.5, 0.6) is 0 Å². The fraction of sp³-hybridized carbons (Fsp3) is 0.105. The summed E-state index contributed by atoms with van der Waals surface area (Å²) in [7, 11) is 0. The Balaban J connectivity index is 1.95. The van der Waals surface area contributed by atoms with Gasteiger partial charge in [0.1, 0.15) is 0 Å². The molecule has 3 heterocycles. The zero-order chi connectivity index (χ0) is 18.1. The SMILES string of the molecule is O=c1c2ncccc2n(Cc2ccccc2Cl)c(=O)n1Cc1cccs1. The van der Waals surface area contributed by atoms with Crippen LogP contribution in [-0.2, 0) is 13.1 Å². The van der Waals surface area contributed by atoms with Crippen LogP contribution in [0.15, 0.2) is 69.7 Å². The molecule has 0 aliphatic rings. The van der Waals surface area contributed by atoms with E-state index < -0.39 is 0 Å². The maximum Gasteiger partial charge on any atom is 0.332 e. The maximum atomic E-state index is 13.1. The minimum atomic E-state index is -0.380. The highest BCUT2D eigenvalue weighted by molar-refractivity contribution is 7.09. The number of halogens is 1. The number of fused-ring (bicyclic) bond motifs is 1. The van der Waals surface area contributed by atoms with Crippen molar-refractivity contribution in [1.82, 2.24) is 14.1 Å². The first-order valence-electron chi connectivity index (χ1n) is 7.99. The van der Waals surface area contributed by atoms with Crippen LogP contribution in [-0.4, -0.2) is 14.1 Å². The Hall–Kier alpha value is -2.70. The van der Waals surface area contributed by atoms with E-state index in [2.05, 4.69) is 4.98 Å². The number of nitrogens with zero attached hydrogens (tertiary/aromatic N) is 3. The fourth-order valence-electron chi connectivity index (χ4n) is 2.89. The zero-order valence-corrected chi connectivity index (χ0v) is 15.2. The van der Waals surface area contributed by atoms with E-state index in [1.807, 2.05) is 35.7 Å². The topological polar surface area (TPSA) is 56.9 Å². The van der Waals surface area contributed by atoms with Crippen molar-refractivity contribution in [1.29, 1.82) is 0 Å². The highest BCUT2D eigenvalue weighted by Crippen LogP contribution is 2.17. The summed E-state index contributed by atoms with van der Waals surface area (Å²) in [6.07, 6.45) is 1.56. The van der Waals surface area contributed by atoms with Crippen molar-refractivity contribution < 1.29 is 0 Å². The number of rotatable bonds is 4. The third-order valence-corrected chi connectivity index (χ3v) is 5.40. The van der Waals surface area contributed by atoms with Gasteiger partial charge in [0.25, 0.3) is 5.56 Å². The Morgan fingerprint density at radius 3 is 2.58 bits per heavy atom. The van der Waals surface area contributed by atoms with Crippen molar-refractivity contribution in [2.45, 2.75) is 13.1 Å². The number of aromatic nitrogens is 3. The second-order valence-electron chi connectivity index (χ2n) is 5.80. The molecule has 5 nitrogen and oxygen atoms in total. The molecule has 0 radical (unpaired) electrons. The van der Waals surface area contributed by atoms with Gasteiger partial charge in [-0.3, -0.25) is 13.9 Å². The number of hydrogen-bond acceptors (Lipinski definition) is 4. The van der Waals surface area contributed by atoms with E-state index in [0.29, 0.717) is 10.5 Å². The number of pyridine rings is 1.